The number of alkyl halides is 3. The normalized spacial score (nSPS) is 12.9. The number of halogens is 5. The second-order valence-corrected chi connectivity index (χ2v) is 7.46. The molecule has 172 valence electrons. The Hall–Kier alpha value is -4.15. The average Bonchev–Trinajstić information content (AvgIpc) is 3.22. The molecule has 0 fully saturated rings. The van der Waals surface area contributed by atoms with Crippen molar-refractivity contribution in [1.29, 1.82) is 0 Å². The van der Waals surface area contributed by atoms with E-state index in [1.165, 1.54) is 47.6 Å². The third-order valence-electron chi connectivity index (χ3n) is 5.34. The first-order valence-corrected chi connectivity index (χ1v) is 9.99. The molecule has 6 nitrogen and oxygen atoms in total. The lowest BCUT2D eigenvalue weighted by molar-refractivity contribution is -0.274. The van der Waals surface area contributed by atoms with Gasteiger partial charge in [0.25, 0.3) is 0 Å². The Bertz CT molecular complexity index is 1510. The first-order valence-electron chi connectivity index (χ1n) is 9.99. The molecule has 3 aromatic heterocycles. The van der Waals surface area contributed by atoms with Gasteiger partial charge in [-0.3, -0.25) is 4.98 Å². The third kappa shape index (κ3) is 3.89. The summed E-state index contributed by atoms with van der Waals surface area (Å²) in [6.45, 7) is 1.60. The van der Waals surface area contributed by atoms with E-state index in [0.717, 1.165) is 12.1 Å². The van der Waals surface area contributed by atoms with Gasteiger partial charge in [-0.05, 0) is 43.3 Å². The molecule has 0 saturated heterocycles. The summed E-state index contributed by atoms with van der Waals surface area (Å²) in [5.41, 5.74) is 1.33. The van der Waals surface area contributed by atoms with E-state index in [-0.39, 0.29) is 33.5 Å². The zero-order valence-corrected chi connectivity index (χ0v) is 17.4. The summed E-state index contributed by atoms with van der Waals surface area (Å²) in [5.74, 6) is -1.87. The molecule has 0 radical (unpaired) electrons. The van der Waals surface area contributed by atoms with E-state index in [1.807, 2.05) is 0 Å². The van der Waals surface area contributed by atoms with Crippen molar-refractivity contribution < 1.29 is 26.7 Å². The van der Waals surface area contributed by atoms with Crippen LogP contribution in [0.5, 0.6) is 5.75 Å². The number of nitrogens with zero attached hydrogens (tertiary/aromatic N) is 5. The van der Waals surface area contributed by atoms with Crippen LogP contribution in [0.1, 0.15) is 18.5 Å². The van der Waals surface area contributed by atoms with Gasteiger partial charge in [0, 0.05) is 28.8 Å². The molecule has 34 heavy (non-hydrogen) atoms. The van der Waals surface area contributed by atoms with Gasteiger partial charge in [-0.1, -0.05) is 0 Å². The minimum Gasteiger partial charge on any atom is -0.406 e. The van der Waals surface area contributed by atoms with Crippen LogP contribution in [0.3, 0.4) is 0 Å². The molecule has 0 bridgehead atoms. The number of hydrogen-bond donors (Lipinski definition) is 0. The van der Waals surface area contributed by atoms with Crippen LogP contribution in [0.2, 0.25) is 0 Å². The maximum atomic E-state index is 15.2. The molecule has 5 aromatic rings. The van der Waals surface area contributed by atoms with E-state index >= 15 is 4.39 Å². The highest BCUT2D eigenvalue weighted by atomic mass is 19.4. The average molecular weight is 471 g/mol. The summed E-state index contributed by atoms with van der Waals surface area (Å²) in [5, 5.41) is 0.183. The first-order chi connectivity index (χ1) is 16.2. The van der Waals surface area contributed by atoms with Crippen molar-refractivity contribution >= 4 is 22.2 Å². The minimum atomic E-state index is -4.80. The van der Waals surface area contributed by atoms with E-state index in [9.17, 15) is 17.6 Å². The minimum absolute atomic E-state index is 0.180. The first kappa shape index (κ1) is 21.7. The van der Waals surface area contributed by atoms with Gasteiger partial charge in [0.1, 0.15) is 17.4 Å². The summed E-state index contributed by atoms with van der Waals surface area (Å²) in [7, 11) is 0. The smallest absolute Gasteiger partial charge is 0.406 e. The highest BCUT2D eigenvalue weighted by Gasteiger charge is 2.31. The lowest BCUT2D eigenvalue weighted by Crippen LogP contribution is -2.16. The Morgan fingerprint density at radius 2 is 1.76 bits per heavy atom. The van der Waals surface area contributed by atoms with Crippen molar-refractivity contribution in [3.8, 4) is 17.0 Å². The van der Waals surface area contributed by atoms with Gasteiger partial charge in [-0.2, -0.15) is 0 Å². The molecular formula is C23H14F5N5O. The van der Waals surface area contributed by atoms with Crippen molar-refractivity contribution in [3.05, 3.63) is 78.4 Å². The van der Waals surface area contributed by atoms with E-state index < -0.39 is 24.0 Å². The maximum absolute atomic E-state index is 15.2. The molecular weight excluding hydrogens is 457 g/mol. The molecule has 3 heterocycles. The Morgan fingerprint density at radius 3 is 2.50 bits per heavy atom. The molecule has 0 spiro atoms. The fourth-order valence-electron chi connectivity index (χ4n) is 3.75. The Kier molecular flexibility index (Phi) is 5.11. The Labute approximate surface area is 188 Å². The van der Waals surface area contributed by atoms with E-state index in [2.05, 4.69) is 24.7 Å². The summed E-state index contributed by atoms with van der Waals surface area (Å²) >= 11 is 0. The zero-order valence-electron chi connectivity index (χ0n) is 17.4. The predicted octanol–water partition coefficient (Wildman–Crippen LogP) is 5.83. The summed E-state index contributed by atoms with van der Waals surface area (Å²) in [6, 6.07) is 8.53. The molecule has 11 heteroatoms. The van der Waals surface area contributed by atoms with Gasteiger partial charge in [0.2, 0.25) is 0 Å². The molecule has 1 unspecified atom stereocenters. The van der Waals surface area contributed by atoms with Crippen molar-refractivity contribution in [2.45, 2.75) is 19.3 Å². The molecule has 0 amide bonds. The van der Waals surface area contributed by atoms with Crippen molar-refractivity contribution in [1.82, 2.24) is 24.5 Å². The number of fused-ring (bicyclic) bond motifs is 2. The number of rotatable bonds is 4. The zero-order chi connectivity index (χ0) is 24.0. The van der Waals surface area contributed by atoms with Gasteiger partial charge in [-0.15, -0.1) is 13.2 Å². The van der Waals surface area contributed by atoms with Crippen molar-refractivity contribution in [2.24, 2.45) is 0 Å². The van der Waals surface area contributed by atoms with Gasteiger partial charge in [0.05, 0.1) is 29.8 Å². The topological polar surface area (TPSA) is 65.7 Å². The van der Waals surface area contributed by atoms with Crippen molar-refractivity contribution in [2.75, 3.05) is 0 Å². The van der Waals surface area contributed by atoms with Gasteiger partial charge < -0.3 is 9.30 Å². The largest absolute Gasteiger partial charge is 0.573 e. The highest BCUT2D eigenvalue weighted by molar-refractivity contribution is 5.80. The number of pyridine rings is 1. The quantitative estimate of drug-likeness (QED) is 0.309. The second-order valence-electron chi connectivity index (χ2n) is 7.46. The number of benzene rings is 2. The predicted molar refractivity (Wildman–Crippen MR) is 113 cm³/mol. The molecule has 2 aromatic carbocycles. The van der Waals surface area contributed by atoms with Crippen LogP contribution >= 0.6 is 0 Å². The van der Waals surface area contributed by atoms with Gasteiger partial charge in [-0.25, -0.2) is 23.7 Å². The molecule has 0 aliphatic rings. The molecule has 0 aliphatic heterocycles. The summed E-state index contributed by atoms with van der Waals surface area (Å²) in [4.78, 5) is 16.9. The number of ether oxygens (including phenoxy) is 1. The molecule has 0 saturated carbocycles. The summed E-state index contributed by atoms with van der Waals surface area (Å²) in [6.07, 6.45) is -0.558. The van der Waals surface area contributed by atoms with Crippen LogP contribution in [-0.2, 0) is 0 Å². The van der Waals surface area contributed by atoms with Gasteiger partial charge in [0.15, 0.2) is 11.3 Å². The summed E-state index contributed by atoms with van der Waals surface area (Å²) < 4.78 is 72.7. The molecule has 0 N–H and O–H groups in total. The number of imidazole rings is 1. The van der Waals surface area contributed by atoms with Crippen LogP contribution in [-0.4, -0.2) is 30.9 Å². The molecule has 1 atom stereocenters. The van der Waals surface area contributed by atoms with E-state index in [0.29, 0.717) is 11.3 Å². The lowest BCUT2D eigenvalue weighted by atomic mass is 10.0. The van der Waals surface area contributed by atoms with Crippen LogP contribution in [0.15, 0.2) is 61.2 Å². The highest BCUT2D eigenvalue weighted by Crippen LogP contribution is 2.32. The monoisotopic (exact) mass is 471 g/mol. The Morgan fingerprint density at radius 1 is 1.00 bits per heavy atom. The molecule has 0 aliphatic carbocycles. The SMILES string of the molecule is CC(c1c(F)cc2ncccc2c1F)n1cnc2ncc(-c3ccc(OC(F)(F)F)cc3)nc21. The standard InChI is InChI=1S/C23H14F5N5O/c1-12(19-16(24)9-17-15(20(19)25)3-2-8-29-17)33-11-31-21-22(33)32-18(10-30-21)13-4-6-14(7-5-13)34-23(26,27)28/h2-12H,1H3. The maximum Gasteiger partial charge on any atom is 0.573 e. The van der Waals surface area contributed by atoms with Crippen LogP contribution in [0, 0.1) is 11.6 Å². The van der Waals surface area contributed by atoms with Crippen LogP contribution in [0.4, 0.5) is 22.0 Å². The van der Waals surface area contributed by atoms with E-state index in [4.69, 9.17) is 0 Å². The lowest BCUT2D eigenvalue weighted by Gasteiger charge is -2.17. The third-order valence-corrected chi connectivity index (χ3v) is 5.34. The fourth-order valence-corrected chi connectivity index (χ4v) is 3.75. The van der Waals surface area contributed by atoms with Crippen LogP contribution < -0.4 is 4.74 Å². The second kappa shape index (κ2) is 8.01. The van der Waals surface area contributed by atoms with E-state index in [1.54, 1.807) is 13.0 Å². The van der Waals surface area contributed by atoms with Crippen molar-refractivity contribution in [3.63, 3.8) is 0 Å². The van der Waals surface area contributed by atoms with Crippen LogP contribution in [0.25, 0.3) is 33.5 Å². The number of aromatic nitrogens is 5. The fraction of sp³-hybridized carbons (Fsp3) is 0.130. The number of hydrogen-bond acceptors (Lipinski definition) is 5. The molecule has 5 rings (SSSR count). The van der Waals surface area contributed by atoms with Gasteiger partial charge >= 0.3 is 6.36 Å². The Balaban J connectivity index is 1.55.